The highest BCUT2D eigenvalue weighted by molar-refractivity contribution is 5.78. The molecule has 0 bridgehead atoms. The van der Waals surface area contributed by atoms with Crippen LogP contribution in [0, 0.1) is 0 Å². The van der Waals surface area contributed by atoms with E-state index in [1.165, 1.54) is 17.4 Å². The van der Waals surface area contributed by atoms with Gasteiger partial charge in [-0.3, -0.25) is 9.59 Å². The first-order chi connectivity index (χ1) is 7.09. The molecule has 0 saturated heterocycles. The number of hydrogen-bond acceptors (Lipinski definition) is 4. The molecule has 6 heteroatoms. The van der Waals surface area contributed by atoms with Gasteiger partial charge in [0.05, 0.1) is 12.6 Å². The molecule has 1 amide bonds. The van der Waals surface area contributed by atoms with Gasteiger partial charge >= 0.3 is 5.97 Å². The molecule has 0 radical (unpaired) electrons. The second-order valence-electron chi connectivity index (χ2n) is 3.06. The normalized spacial score (nSPS) is 9.93. The maximum atomic E-state index is 11.5. The summed E-state index contributed by atoms with van der Waals surface area (Å²) in [6.07, 6.45) is 2.84. The van der Waals surface area contributed by atoms with E-state index in [4.69, 9.17) is 9.52 Å². The second kappa shape index (κ2) is 5.14. The average Bonchev–Trinajstić information content (AvgIpc) is 2.66. The molecule has 1 aromatic heterocycles. The van der Waals surface area contributed by atoms with Crippen LogP contribution < -0.4 is 0 Å². The predicted octanol–water partition coefficient (Wildman–Crippen LogP) is 0.150. The maximum Gasteiger partial charge on any atom is 0.305 e. The number of carboxylic acids is 1. The van der Waals surface area contributed by atoms with Crippen LogP contribution in [-0.2, 0) is 16.0 Å². The van der Waals surface area contributed by atoms with Crippen molar-refractivity contribution in [2.45, 2.75) is 12.8 Å². The summed E-state index contributed by atoms with van der Waals surface area (Å²) < 4.78 is 4.90. The van der Waals surface area contributed by atoms with Crippen molar-refractivity contribution in [1.82, 2.24) is 9.88 Å². The Morgan fingerprint density at radius 1 is 1.60 bits per heavy atom. The number of likely N-dealkylation sites (N-methyl/N-ethyl adjacent to an activating group) is 1. The van der Waals surface area contributed by atoms with E-state index in [0.29, 0.717) is 5.89 Å². The minimum atomic E-state index is -0.925. The fraction of sp³-hybridized carbons (Fsp3) is 0.444. The number of oxazole rings is 1. The summed E-state index contributed by atoms with van der Waals surface area (Å²) in [5, 5.41) is 8.43. The van der Waals surface area contributed by atoms with Crippen LogP contribution in [0.1, 0.15) is 12.3 Å². The summed E-state index contributed by atoms with van der Waals surface area (Å²) in [7, 11) is 1.55. The molecule has 1 N–H and O–H groups in total. The molecular weight excluding hydrogens is 200 g/mol. The predicted molar refractivity (Wildman–Crippen MR) is 50.1 cm³/mol. The summed E-state index contributed by atoms with van der Waals surface area (Å²) in [6.45, 7) is 0.189. The van der Waals surface area contributed by atoms with Crippen LogP contribution in [0.5, 0.6) is 0 Å². The molecular formula is C9H12N2O4. The smallest absolute Gasteiger partial charge is 0.305 e. The molecule has 6 nitrogen and oxygen atoms in total. The van der Waals surface area contributed by atoms with Crippen molar-refractivity contribution in [3.8, 4) is 0 Å². The van der Waals surface area contributed by atoms with Crippen LogP contribution in [0.25, 0.3) is 0 Å². The van der Waals surface area contributed by atoms with Crippen LogP contribution in [0.3, 0.4) is 0 Å². The minimum absolute atomic E-state index is 0.0586. The van der Waals surface area contributed by atoms with Gasteiger partial charge in [0.2, 0.25) is 11.8 Å². The van der Waals surface area contributed by atoms with Gasteiger partial charge in [-0.2, -0.15) is 0 Å². The number of aromatic nitrogens is 1. The highest BCUT2D eigenvalue weighted by Gasteiger charge is 2.12. The molecule has 1 heterocycles. The number of rotatable bonds is 5. The van der Waals surface area contributed by atoms with E-state index < -0.39 is 5.97 Å². The zero-order valence-electron chi connectivity index (χ0n) is 8.34. The lowest BCUT2D eigenvalue weighted by Crippen LogP contribution is -2.30. The lowest BCUT2D eigenvalue weighted by Gasteiger charge is -2.14. The van der Waals surface area contributed by atoms with E-state index in [2.05, 4.69) is 4.98 Å². The van der Waals surface area contributed by atoms with Gasteiger partial charge in [0.25, 0.3) is 0 Å². The van der Waals surface area contributed by atoms with Crippen molar-refractivity contribution in [3.05, 3.63) is 18.4 Å². The third-order valence-electron chi connectivity index (χ3n) is 1.87. The maximum absolute atomic E-state index is 11.5. The number of nitrogens with zero attached hydrogens (tertiary/aromatic N) is 2. The van der Waals surface area contributed by atoms with E-state index >= 15 is 0 Å². The SMILES string of the molecule is CN(CCC(=O)O)C(=O)Cc1ncco1. The molecule has 0 aliphatic carbocycles. The largest absolute Gasteiger partial charge is 0.481 e. The van der Waals surface area contributed by atoms with Crippen molar-refractivity contribution >= 4 is 11.9 Å². The van der Waals surface area contributed by atoms with Crippen molar-refractivity contribution < 1.29 is 19.1 Å². The number of carboxylic acid groups (broad SMARTS) is 1. The van der Waals surface area contributed by atoms with Crippen LogP contribution >= 0.6 is 0 Å². The topological polar surface area (TPSA) is 83.6 Å². The van der Waals surface area contributed by atoms with Gasteiger partial charge in [-0.1, -0.05) is 0 Å². The van der Waals surface area contributed by atoms with Gasteiger partial charge in [0.15, 0.2) is 0 Å². The molecule has 1 rings (SSSR count). The van der Waals surface area contributed by atoms with Gasteiger partial charge in [0.1, 0.15) is 12.7 Å². The van der Waals surface area contributed by atoms with Gasteiger partial charge in [0, 0.05) is 13.6 Å². The Hall–Kier alpha value is -1.85. The Balaban J connectivity index is 2.36. The minimum Gasteiger partial charge on any atom is -0.481 e. The lowest BCUT2D eigenvalue weighted by molar-refractivity contribution is -0.138. The molecule has 82 valence electrons. The summed E-state index contributed by atoms with van der Waals surface area (Å²) >= 11 is 0. The first-order valence-electron chi connectivity index (χ1n) is 4.43. The standard InChI is InChI=1S/C9H12N2O4/c1-11(4-2-9(13)14)8(12)6-7-10-3-5-15-7/h3,5H,2,4,6H2,1H3,(H,13,14). The van der Waals surface area contributed by atoms with Crippen molar-refractivity contribution in [2.75, 3.05) is 13.6 Å². The number of carbonyl (C=O) groups excluding carboxylic acids is 1. The quantitative estimate of drug-likeness (QED) is 0.751. The summed E-state index contributed by atoms with van der Waals surface area (Å²) in [5.74, 6) is -0.799. The first-order valence-corrected chi connectivity index (χ1v) is 4.43. The Morgan fingerprint density at radius 3 is 2.87 bits per heavy atom. The van der Waals surface area contributed by atoms with Crippen LogP contribution in [0.15, 0.2) is 16.9 Å². The van der Waals surface area contributed by atoms with E-state index in [-0.39, 0.29) is 25.3 Å². The van der Waals surface area contributed by atoms with E-state index in [1.54, 1.807) is 7.05 Å². The summed E-state index contributed by atoms with van der Waals surface area (Å²) in [4.78, 5) is 26.9. The highest BCUT2D eigenvalue weighted by Crippen LogP contribution is 1.99. The number of carbonyl (C=O) groups is 2. The Bertz CT molecular complexity index is 334. The van der Waals surface area contributed by atoms with Crippen LogP contribution in [-0.4, -0.2) is 40.5 Å². The van der Waals surface area contributed by atoms with Crippen LogP contribution in [0.4, 0.5) is 0 Å². The lowest BCUT2D eigenvalue weighted by atomic mass is 10.3. The molecule has 0 aliphatic heterocycles. The molecule has 1 aromatic rings. The zero-order valence-corrected chi connectivity index (χ0v) is 8.34. The Kier molecular flexibility index (Phi) is 3.84. The molecule has 0 spiro atoms. The fourth-order valence-electron chi connectivity index (χ4n) is 0.993. The van der Waals surface area contributed by atoms with Gasteiger partial charge < -0.3 is 14.4 Å². The van der Waals surface area contributed by atoms with E-state index in [1.807, 2.05) is 0 Å². The van der Waals surface area contributed by atoms with E-state index in [0.717, 1.165) is 0 Å². The molecule has 0 fully saturated rings. The molecule has 0 aliphatic rings. The second-order valence-corrected chi connectivity index (χ2v) is 3.06. The number of amides is 1. The van der Waals surface area contributed by atoms with Crippen LogP contribution in [0.2, 0.25) is 0 Å². The summed E-state index contributed by atoms with van der Waals surface area (Å²) in [6, 6.07) is 0. The monoisotopic (exact) mass is 212 g/mol. The fourth-order valence-corrected chi connectivity index (χ4v) is 0.993. The first kappa shape index (κ1) is 11.2. The van der Waals surface area contributed by atoms with E-state index in [9.17, 15) is 9.59 Å². The van der Waals surface area contributed by atoms with Gasteiger partial charge in [-0.25, -0.2) is 4.98 Å². The third kappa shape index (κ3) is 3.80. The van der Waals surface area contributed by atoms with Crippen molar-refractivity contribution in [1.29, 1.82) is 0 Å². The Labute approximate surface area is 86.5 Å². The molecule has 0 unspecified atom stereocenters. The number of hydrogen-bond donors (Lipinski definition) is 1. The summed E-state index contributed by atoms with van der Waals surface area (Å²) in [5.41, 5.74) is 0. The Morgan fingerprint density at radius 2 is 2.33 bits per heavy atom. The van der Waals surface area contributed by atoms with Gasteiger partial charge in [-0.05, 0) is 0 Å². The number of aliphatic carboxylic acids is 1. The third-order valence-corrected chi connectivity index (χ3v) is 1.87. The molecule has 0 atom stereocenters. The molecule has 0 aromatic carbocycles. The molecule has 15 heavy (non-hydrogen) atoms. The molecule has 0 saturated carbocycles. The van der Waals surface area contributed by atoms with Gasteiger partial charge in [-0.15, -0.1) is 0 Å². The zero-order chi connectivity index (χ0) is 11.3. The van der Waals surface area contributed by atoms with Crippen molar-refractivity contribution in [2.24, 2.45) is 0 Å². The highest BCUT2D eigenvalue weighted by atomic mass is 16.4. The average molecular weight is 212 g/mol. The van der Waals surface area contributed by atoms with Crippen molar-refractivity contribution in [3.63, 3.8) is 0 Å².